The number of ether oxygens (including phenoxy) is 1. The fourth-order valence-electron chi connectivity index (χ4n) is 3.45. The third-order valence-electron chi connectivity index (χ3n) is 4.88. The van der Waals surface area contributed by atoms with Gasteiger partial charge in [0.2, 0.25) is 5.78 Å². The molecule has 0 radical (unpaired) electrons. The molecule has 148 valence electrons. The summed E-state index contributed by atoms with van der Waals surface area (Å²) in [5, 5.41) is 0. The molecule has 8 nitrogen and oxygen atoms in total. The minimum absolute atomic E-state index is 0.217. The van der Waals surface area contributed by atoms with Crippen LogP contribution in [0.5, 0.6) is 0 Å². The van der Waals surface area contributed by atoms with Crippen LogP contribution in [0.2, 0.25) is 0 Å². The lowest BCUT2D eigenvalue weighted by Gasteiger charge is -2.16. The number of ketones is 1. The van der Waals surface area contributed by atoms with Crippen molar-refractivity contribution in [3.63, 3.8) is 0 Å². The lowest BCUT2D eigenvalue weighted by Crippen LogP contribution is -2.37. The van der Waals surface area contributed by atoms with E-state index in [4.69, 9.17) is 10.5 Å². The number of carbonyl (C=O) groups excluding carboxylic acids is 2. The maximum atomic E-state index is 12.4. The maximum absolute atomic E-state index is 12.4. The zero-order valence-corrected chi connectivity index (χ0v) is 15.7. The normalized spacial score (nSPS) is 13.0. The number of H-pyrrole nitrogens is 1. The Hall–Kier alpha value is -3.16. The highest BCUT2D eigenvalue weighted by Crippen LogP contribution is 2.22. The monoisotopic (exact) mass is 385 g/mol. The topological polar surface area (TPSA) is 124 Å². The van der Waals surface area contributed by atoms with Gasteiger partial charge in [0.25, 0.3) is 5.56 Å². The van der Waals surface area contributed by atoms with Crippen molar-refractivity contribution in [3.05, 3.63) is 61.3 Å². The Kier molecular flexibility index (Phi) is 5.77. The molecule has 28 heavy (non-hydrogen) atoms. The van der Waals surface area contributed by atoms with Gasteiger partial charge >= 0.3 is 11.7 Å². The Labute approximate surface area is 161 Å². The van der Waals surface area contributed by atoms with Crippen molar-refractivity contribution in [2.45, 2.75) is 45.6 Å². The number of nitrogen functional groups attached to an aromatic ring is 1. The number of hydrogen-bond acceptors (Lipinski definition) is 6. The van der Waals surface area contributed by atoms with Crippen molar-refractivity contribution in [1.29, 1.82) is 0 Å². The van der Waals surface area contributed by atoms with Crippen molar-refractivity contribution in [3.8, 4) is 0 Å². The number of Topliss-reactive ketones (excluding diaryl/α,β-unsaturated/α-hetero) is 1. The summed E-state index contributed by atoms with van der Waals surface area (Å²) >= 11 is 0. The number of nitrogens with one attached hydrogen (secondary N) is 1. The van der Waals surface area contributed by atoms with Crippen LogP contribution in [-0.2, 0) is 24.1 Å². The molecule has 0 bridgehead atoms. The van der Waals surface area contributed by atoms with Crippen molar-refractivity contribution >= 4 is 17.6 Å². The summed E-state index contributed by atoms with van der Waals surface area (Å²) in [6.45, 7) is 1.46. The second-order valence-corrected chi connectivity index (χ2v) is 6.86. The van der Waals surface area contributed by atoms with Gasteiger partial charge in [0.05, 0.1) is 5.56 Å². The number of aryl methyl sites for hydroxylation is 2. The molecule has 1 aromatic carbocycles. The molecule has 8 heteroatoms. The van der Waals surface area contributed by atoms with E-state index in [1.165, 1.54) is 5.56 Å². The number of nitrogens with two attached hydrogens (primary N) is 1. The summed E-state index contributed by atoms with van der Waals surface area (Å²) in [4.78, 5) is 50.7. The summed E-state index contributed by atoms with van der Waals surface area (Å²) in [6, 6.07) is 5.39. The number of aromatic nitrogens is 2. The number of hydrogen-bond donors (Lipinski definition) is 2. The molecule has 1 aliphatic carbocycles. The van der Waals surface area contributed by atoms with E-state index in [0.717, 1.165) is 35.8 Å². The zero-order valence-electron chi connectivity index (χ0n) is 15.7. The van der Waals surface area contributed by atoms with Gasteiger partial charge in [-0.2, -0.15) is 0 Å². The van der Waals surface area contributed by atoms with Crippen molar-refractivity contribution in [2.75, 3.05) is 12.3 Å². The molecule has 3 N–H and O–H groups in total. The average molecular weight is 385 g/mol. The first-order valence-corrected chi connectivity index (χ1v) is 9.37. The number of benzene rings is 1. The van der Waals surface area contributed by atoms with Gasteiger partial charge in [0.1, 0.15) is 11.4 Å². The van der Waals surface area contributed by atoms with Crippen LogP contribution >= 0.6 is 0 Å². The van der Waals surface area contributed by atoms with Gasteiger partial charge < -0.3 is 10.5 Å². The molecule has 0 spiro atoms. The van der Waals surface area contributed by atoms with Crippen LogP contribution in [0.25, 0.3) is 0 Å². The van der Waals surface area contributed by atoms with Gasteiger partial charge in [-0.15, -0.1) is 0 Å². The predicted molar refractivity (Wildman–Crippen MR) is 104 cm³/mol. The first-order valence-electron chi connectivity index (χ1n) is 9.37. The molecule has 0 saturated heterocycles. The number of anilines is 1. The molecule has 3 rings (SSSR count). The minimum atomic E-state index is -0.885. The molecule has 0 amide bonds. The zero-order chi connectivity index (χ0) is 20.3. The minimum Gasteiger partial charge on any atom is -0.454 e. The van der Waals surface area contributed by atoms with E-state index >= 15 is 0 Å². The highest BCUT2D eigenvalue weighted by atomic mass is 16.5. The van der Waals surface area contributed by atoms with Gasteiger partial charge in [-0.3, -0.25) is 19.1 Å². The smallest absolute Gasteiger partial charge is 0.338 e. The van der Waals surface area contributed by atoms with Gasteiger partial charge in [0, 0.05) is 6.54 Å². The van der Waals surface area contributed by atoms with Crippen molar-refractivity contribution in [1.82, 2.24) is 9.55 Å². The average Bonchev–Trinajstić information content (AvgIpc) is 2.68. The number of aromatic amines is 1. The summed E-state index contributed by atoms with van der Waals surface area (Å²) in [5.41, 5.74) is 6.64. The number of rotatable bonds is 6. The lowest BCUT2D eigenvalue weighted by atomic mass is 9.90. The molecule has 0 fully saturated rings. The summed E-state index contributed by atoms with van der Waals surface area (Å²) < 4.78 is 6.22. The van der Waals surface area contributed by atoms with Crippen LogP contribution in [0.15, 0.2) is 27.8 Å². The van der Waals surface area contributed by atoms with E-state index in [0.29, 0.717) is 12.0 Å². The second kappa shape index (κ2) is 8.24. The number of nitrogens with zero attached hydrogens (tertiary/aromatic N) is 1. The van der Waals surface area contributed by atoms with Crippen molar-refractivity contribution < 1.29 is 14.3 Å². The Morgan fingerprint density at radius 2 is 1.89 bits per heavy atom. The van der Waals surface area contributed by atoms with Crippen molar-refractivity contribution in [2.24, 2.45) is 0 Å². The third kappa shape index (κ3) is 3.90. The summed E-state index contributed by atoms with van der Waals surface area (Å²) in [6.07, 6.45) is 4.73. The molecule has 0 unspecified atom stereocenters. The molecule has 0 aliphatic heterocycles. The summed E-state index contributed by atoms with van der Waals surface area (Å²) in [7, 11) is 0. The Bertz CT molecular complexity index is 1040. The number of esters is 1. The van der Waals surface area contributed by atoms with Gasteiger partial charge in [0.15, 0.2) is 6.61 Å². The molecule has 0 saturated carbocycles. The fourth-order valence-corrected chi connectivity index (χ4v) is 3.45. The van der Waals surface area contributed by atoms with Crippen LogP contribution in [-0.4, -0.2) is 27.9 Å². The Balaban J connectivity index is 1.75. The van der Waals surface area contributed by atoms with Crippen LogP contribution in [0.4, 0.5) is 5.82 Å². The molecular weight excluding hydrogens is 362 g/mol. The van der Waals surface area contributed by atoms with Gasteiger partial charge in [-0.1, -0.05) is 13.0 Å². The molecule has 1 heterocycles. The highest BCUT2D eigenvalue weighted by Gasteiger charge is 2.21. The molecule has 1 aromatic heterocycles. The second-order valence-electron chi connectivity index (χ2n) is 6.86. The molecular formula is C20H23N3O5. The van der Waals surface area contributed by atoms with E-state index in [-0.39, 0.29) is 17.9 Å². The van der Waals surface area contributed by atoms with E-state index in [9.17, 15) is 19.2 Å². The standard InChI is InChI=1S/C20H23N3O5/c1-2-9-23-17(21)16(18(25)22-20(23)27)15(24)11-28-19(26)14-8-7-12-5-3-4-6-13(12)10-14/h7-8,10H,2-6,9,11,21H2,1H3,(H,22,25,27). The number of carbonyl (C=O) groups is 2. The first-order chi connectivity index (χ1) is 13.4. The van der Waals surface area contributed by atoms with Crippen LogP contribution in [0.3, 0.4) is 0 Å². The SMILES string of the molecule is CCCn1c(N)c(C(=O)COC(=O)c2ccc3c(c2)CCCC3)c(=O)[nH]c1=O. The summed E-state index contributed by atoms with van der Waals surface area (Å²) in [5.74, 6) is -1.61. The van der Waals surface area contributed by atoms with E-state index in [2.05, 4.69) is 4.98 Å². The molecule has 0 atom stereocenters. The predicted octanol–water partition coefficient (Wildman–Crippen LogP) is 1.45. The molecule has 1 aliphatic rings. The first kappa shape index (κ1) is 19.6. The van der Waals surface area contributed by atoms with Crippen LogP contribution in [0.1, 0.15) is 58.0 Å². The van der Waals surface area contributed by atoms with E-state index in [1.807, 2.05) is 13.0 Å². The van der Waals surface area contributed by atoms with Gasteiger partial charge in [-0.05, 0) is 55.4 Å². The largest absolute Gasteiger partial charge is 0.454 e. The highest BCUT2D eigenvalue weighted by molar-refractivity contribution is 6.02. The van der Waals surface area contributed by atoms with Crippen LogP contribution < -0.4 is 17.0 Å². The quantitative estimate of drug-likeness (QED) is 0.573. The third-order valence-corrected chi connectivity index (χ3v) is 4.88. The maximum Gasteiger partial charge on any atom is 0.338 e. The lowest BCUT2D eigenvalue weighted by molar-refractivity contribution is 0.0474. The van der Waals surface area contributed by atoms with E-state index < -0.39 is 29.6 Å². The van der Waals surface area contributed by atoms with E-state index in [1.54, 1.807) is 12.1 Å². The Morgan fingerprint density at radius 3 is 2.61 bits per heavy atom. The van der Waals surface area contributed by atoms with Gasteiger partial charge in [-0.25, -0.2) is 9.59 Å². The fraction of sp³-hybridized carbons (Fsp3) is 0.400. The Morgan fingerprint density at radius 1 is 1.18 bits per heavy atom. The number of fused-ring (bicyclic) bond motifs is 1. The molecule has 2 aromatic rings. The van der Waals surface area contributed by atoms with Crippen LogP contribution in [0, 0.1) is 0 Å².